The molecule has 1 saturated heterocycles. The van der Waals surface area contributed by atoms with Gasteiger partial charge in [0.15, 0.2) is 0 Å². The molecule has 4 rings (SSSR count). The highest BCUT2D eigenvalue weighted by atomic mass is 19.1. The van der Waals surface area contributed by atoms with E-state index in [9.17, 15) is 23.2 Å². The molecule has 0 saturated carbocycles. The first-order valence-electron chi connectivity index (χ1n) is 9.74. The van der Waals surface area contributed by atoms with Crippen LogP contribution in [0.15, 0.2) is 59.5 Å². The predicted octanol–water partition coefficient (Wildman–Crippen LogP) is 3.80. The summed E-state index contributed by atoms with van der Waals surface area (Å²) < 4.78 is 28.6. The summed E-state index contributed by atoms with van der Waals surface area (Å²) in [4.78, 5) is 39.3. The first-order chi connectivity index (χ1) is 14.8. The number of aryl methyl sites for hydroxylation is 1. The van der Waals surface area contributed by atoms with Gasteiger partial charge in [0.25, 0.3) is 11.5 Å². The van der Waals surface area contributed by atoms with Crippen molar-refractivity contribution in [2.45, 2.75) is 19.8 Å². The van der Waals surface area contributed by atoms with E-state index in [1.807, 2.05) is 0 Å². The second-order valence-electron chi connectivity index (χ2n) is 7.29. The zero-order valence-corrected chi connectivity index (χ0v) is 16.7. The van der Waals surface area contributed by atoms with Crippen LogP contribution in [-0.2, 0) is 4.79 Å². The molecule has 0 unspecified atom stereocenters. The number of nitrogens with one attached hydrogen (secondary N) is 1. The van der Waals surface area contributed by atoms with Crippen molar-refractivity contribution in [1.82, 2.24) is 4.57 Å². The maximum atomic E-state index is 14.2. The number of nitrogens with zero attached hydrogens (tertiary/aromatic N) is 2. The monoisotopic (exact) mass is 423 g/mol. The Balaban J connectivity index is 1.62. The number of halogens is 2. The molecule has 1 aliphatic rings. The number of amides is 2. The molecule has 0 bridgehead atoms. The van der Waals surface area contributed by atoms with Crippen LogP contribution in [0.4, 0.5) is 20.2 Å². The minimum Gasteiger partial charge on any atom is -0.322 e. The Kier molecular flexibility index (Phi) is 5.37. The molecule has 31 heavy (non-hydrogen) atoms. The van der Waals surface area contributed by atoms with E-state index in [4.69, 9.17) is 0 Å². The Bertz CT molecular complexity index is 1240. The van der Waals surface area contributed by atoms with E-state index in [2.05, 4.69) is 5.32 Å². The molecule has 2 heterocycles. The molecule has 0 aliphatic carbocycles. The third kappa shape index (κ3) is 3.96. The van der Waals surface area contributed by atoms with Crippen molar-refractivity contribution in [3.63, 3.8) is 0 Å². The third-order valence-electron chi connectivity index (χ3n) is 5.21. The summed E-state index contributed by atoms with van der Waals surface area (Å²) in [6.45, 7) is 2.24. The number of pyridine rings is 1. The second kappa shape index (κ2) is 8.14. The topological polar surface area (TPSA) is 71.4 Å². The first kappa shape index (κ1) is 20.5. The molecule has 1 N–H and O–H groups in total. The van der Waals surface area contributed by atoms with Crippen LogP contribution in [0.3, 0.4) is 0 Å². The average molecular weight is 423 g/mol. The fraction of sp³-hybridized carbons (Fsp3) is 0.174. The zero-order valence-electron chi connectivity index (χ0n) is 16.7. The van der Waals surface area contributed by atoms with E-state index in [1.165, 1.54) is 12.3 Å². The van der Waals surface area contributed by atoms with Gasteiger partial charge in [-0.25, -0.2) is 8.78 Å². The van der Waals surface area contributed by atoms with E-state index < -0.39 is 23.1 Å². The maximum Gasteiger partial charge on any atom is 0.268 e. The lowest BCUT2D eigenvalue weighted by molar-refractivity contribution is -0.117. The van der Waals surface area contributed by atoms with Crippen LogP contribution in [0.2, 0.25) is 0 Å². The van der Waals surface area contributed by atoms with Crippen molar-refractivity contribution in [2.75, 3.05) is 16.8 Å². The van der Waals surface area contributed by atoms with Gasteiger partial charge >= 0.3 is 0 Å². The van der Waals surface area contributed by atoms with Crippen LogP contribution in [0.1, 0.15) is 28.8 Å². The van der Waals surface area contributed by atoms with Gasteiger partial charge in [0.2, 0.25) is 5.91 Å². The van der Waals surface area contributed by atoms with Crippen LogP contribution in [-0.4, -0.2) is 22.9 Å². The summed E-state index contributed by atoms with van der Waals surface area (Å²) in [7, 11) is 0. The van der Waals surface area contributed by atoms with E-state index in [1.54, 1.807) is 36.1 Å². The maximum absolute atomic E-state index is 14.2. The summed E-state index contributed by atoms with van der Waals surface area (Å²) in [6, 6.07) is 11.0. The molecule has 0 radical (unpaired) electrons. The van der Waals surface area contributed by atoms with Crippen molar-refractivity contribution < 1.29 is 18.4 Å². The van der Waals surface area contributed by atoms with Gasteiger partial charge in [-0.05, 0) is 61.4 Å². The van der Waals surface area contributed by atoms with Gasteiger partial charge in [0.1, 0.15) is 17.2 Å². The van der Waals surface area contributed by atoms with Gasteiger partial charge in [-0.3, -0.25) is 19.0 Å². The van der Waals surface area contributed by atoms with E-state index in [0.717, 1.165) is 34.9 Å². The number of carbonyl (C=O) groups is 2. The molecule has 1 aromatic heterocycles. The summed E-state index contributed by atoms with van der Waals surface area (Å²) in [6.07, 6.45) is 2.63. The molecule has 0 spiro atoms. The molecular formula is C23H19F2N3O3. The number of hydrogen-bond acceptors (Lipinski definition) is 3. The van der Waals surface area contributed by atoms with Gasteiger partial charge in [-0.2, -0.15) is 0 Å². The highest BCUT2D eigenvalue weighted by Crippen LogP contribution is 2.23. The summed E-state index contributed by atoms with van der Waals surface area (Å²) in [5, 5.41) is 2.65. The van der Waals surface area contributed by atoms with Crippen LogP contribution < -0.4 is 15.8 Å². The van der Waals surface area contributed by atoms with E-state index >= 15 is 0 Å². The van der Waals surface area contributed by atoms with Crippen molar-refractivity contribution >= 4 is 23.2 Å². The Hall–Kier alpha value is -3.81. The summed E-state index contributed by atoms with van der Waals surface area (Å²) >= 11 is 0. The van der Waals surface area contributed by atoms with Crippen LogP contribution in [0.25, 0.3) is 5.69 Å². The van der Waals surface area contributed by atoms with Crippen LogP contribution in [0.5, 0.6) is 0 Å². The van der Waals surface area contributed by atoms with Gasteiger partial charge < -0.3 is 10.2 Å². The van der Waals surface area contributed by atoms with E-state index in [0.29, 0.717) is 24.2 Å². The lowest BCUT2D eigenvalue weighted by Crippen LogP contribution is -2.30. The van der Waals surface area contributed by atoms with Crippen molar-refractivity contribution in [3.8, 4) is 5.69 Å². The minimum absolute atomic E-state index is 0.0572. The van der Waals surface area contributed by atoms with Crippen LogP contribution in [0, 0.1) is 18.6 Å². The predicted molar refractivity (Wildman–Crippen MR) is 113 cm³/mol. The Morgan fingerprint density at radius 1 is 1.03 bits per heavy atom. The van der Waals surface area contributed by atoms with Crippen molar-refractivity contribution in [1.29, 1.82) is 0 Å². The number of carbonyl (C=O) groups excluding carboxylic acids is 2. The molecular weight excluding hydrogens is 404 g/mol. The van der Waals surface area contributed by atoms with Gasteiger partial charge in [-0.15, -0.1) is 0 Å². The highest BCUT2D eigenvalue weighted by molar-refractivity contribution is 6.05. The molecule has 6 nitrogen and oxygen atoms in total. The second-order valence-corrected chi connectivity index (χ2v) is 7.29. The Labute approximate surface area is 176 Å². The molecule has 1 aliphatic heterocycles. The highest BCUT2D eigenvalue weighted by Gasteiger charge is 2.22. The van der Waals surface area contributed by atoms with Crippen LogP contribution >= 0.6 is 0 Å². The number of aromatic nitrogens is 1. The molecule has 8 heteroatoms. The molecule has 158 valence electrons. The number of rotatable bonds is 4. The molecule has 0 atom stereocenters. The normalized spacial score (nSPS) is 13.5. The summed E-state index contributed by atoms with van der Waals surface area (Å²) in [5.74, 6) is -2.10. The number of benzene rings is 2. The SMILES string of the molecule is Cc1ccn(-c2cc(F)ccc2F)c(=O)c1C(=O)Nc1ccc(N2CCCC2=O)cc1. The summed E-state index contributed by atoms with van der Waals surface area (Å²) in [5.41, 5.74) is 0.353. The Morgan fingerprint density at radius 3 is 2.45 bits per heavy atom. The van der Waals surface area contributed by atoms with Crippen molar-refractivity contribution in [3.05, 3.63) is 87.8 Å². The number of hydrogen-bond donors (Lipinski definition) is 1. The van der Waals surface area contributed by atoms with E-state index in [-0.39, 0.29) is 17.2 Å². The quantitative estimate of drug-likeness (QED) is 0.694. The zero-order chi connectivity index (χ0) is 22.1. The standard InChI is InChI=1S/C23H19F2N3O3/c1-14-10-12-28(19-13-15(24)4-9-18(19)25)23(31)21(14)22(30)26-16-5-7-17(8-6-16)27-11-2-3-20(27)29/h4-10,12-13H,2-3,11H2,1H3,(H,26,30). The Morgan fingerprint density at radius 2 is 1.77 bits per heavy atom. The minimum atomic E-state index is -0.786. The molecule has 1 fully saturated rings. The van der Waals surface area contributed by atoms with Gasteiger partial charge in [0, 0.05) is 36.6 Å². The largest absolute Gasteiger partial charge is 0.322 e. The molecule has 2 amide bonds. The molecule has 3 aromatic rings. The van der Waals surface area contributed by atoms with Gasteiger partial charge in [0.05, 0.1) is 5.69 Å². The molecule has 2 aromatic carbocycles. The fourth-order valence-corrected chi connectivity index (χ4v) is 3.60. The average Bonchev–Trinajstić information content (AvgIpc) is 3.17. The third-order valence-corrected chi connectivity index (χ3v) is 5.21. The lowest BCUT2D eigenvalue weighted by atomic mass is 10.1. The first-order valence-corrected chi connectivity index (χ1v) is 9.74. The lowest BCUT2D eigenvalue weighted by Gasteiger charge is -2.16. The smallest absolute Gasteiger partial charge is 0.268 e. The van der Waals surface area contributed by atoms with Gasteiger partial charge in [-0.1, -0.05) is 0 Å². The number of anilines is 2. The fourth-order valence-electron chi connectivity index (χ4n) is 3.60. The van der Waals surface area contributed by atoms with Crippen molar-refractivity contribution in [2.24, 2.45) is 0 Å².